The molecule has 1 heterocycles. The number of hydrogen-bond acceptors (Lipinski definition) is 5. The molecule has 1 amide bonds. The quantitative estimate of drug-likeness (QED) is 0.844. The zero-order chi connectivity index (χ0) is 18.6. The first-order chi connectivity index (χ1) is 11.7. The fraction of sp³-hybridized carbons (Fsp3) is 0.421. The molecule has 2 rings (SSSR count). The van der Waals surface area contributed by atoms with E-state index in [1.807, 2.05) is 52.0 Å². The summed E-state index contributed by atoms with van der Waals surface area (Å²) >= 11 is 0. The first-order valence-electron chi connectivity index (χ1n) is 8.08. The minimum atomic E-state index is -0.577. The van der Waals surface area contributed by atoms with Crippen molar-refractivity contribution in [3.05, 3.63) is 41.1 Å². The van der Waals surface area contributed by atoms with Crippen LogP contribution in [-0.2, 0) is 20.9 Å². The monoisotopic (exact) mass is 344 g/mol. The van der Waals surface area contributed by atoms with Crippen LogP contribution in [0, 0.1) is 6.92 Å². The van der Waals surface area contributed by atoms with Gasteiger partial charge in [0.25, 0.3) is 5.91 Å². The van der Waals surface area contributed by atoms with Gasteiger partial charge in [0.2, 0.25) is 0 Å². The second-order valence-electron chi connectivity index (χ2n) is 6.88. The zero-order valence-corrected chi connectivity index (χ0v) is 15.3. The molecular formula is C19H24N2O4. The third kappa shape index (κ3) is 4.76. The van der Waals surface area contributed by atoms with E-state index in [0.29, 0.717) is 11.3 Å². The predicted octanol–water partition coefficient (Wildman–Crippen LogP) is 2.76. The standard InChI is InChI=1S/C19H24N2O4/c1-12-13-8-6-7-9-14(13)20-15(10-24-5)17(12)18(23)25-11-16(22)21-19(2,3)4/h6-9H,10-11H2,1-5H3,(H,21,22). The topological polar surface area (TPSA) is 77.5 Å². The Morgan fingerprint density at radius 2 is 1.88 bits per heavy atom. The Morgan fingerprint density at radius 3 is 2.52 bits per heavy atom. The zero-order valence-electron chi connectivity index (χ0n) is 15.3. The molecule has 1 aromatic heterocycles. The second-order valence-corrected chi connectivity index (χ2v) is 6.88. The first kappa shape index (κ1) is 18.9. The van der Waals surface area contributed by atoms with Gasteiger partial charge in [0.1, 0.15) is 0 Å². The van der Waals surface area contributed by atoms with Crippen molar-refractivity contribution in [1.29, 1.82) is 0 Å². The number of hydrogen-bond donors (Lipinski definition) is 1. The lowest BCUT2D eigenvalue weighted by molar-refractivity contribution is -0.125. The van der Waals surface area contributed by atoms with Crippen molar-refractivity contribution in [2.24, 2.45) is 0 Å². The summed E-state index contributed by atoms with van der Waals surface area (Å²) in [5, 5.41) is 3.62. The van der Waals surface area contributed by atoms with Crippen LogP contribution < -0.4 is 5.32 Å². The number of carbonyl (C=O) groups excluding carboxylic acids is 2. The highest BCUT2D eigenvalue weighted by molar-refractivity contribution is 5.99. The van der Waals surface area contributed by atoms with Crippen molar-refractivity contribution in [3.63, 3.8) is 0 Å². The number of pyridine rings is 1. The number of ether oxygens (including phenoxy) is 2. The number of nitrogens with one attached hydrogen (secondary N) is 1. The summed E-state index contributed by atoms with van der Waals surface area (Å²) < 4.78 is 10.4. The highest BCUT2D eigenvalue weighted by atomic mass is 16.5. The summed E-state index contributed by atoms with van der Waals surface area (Å²) in [5.41, 5.74) is 2.02. The number of methoxy groups -OCH3 is 1. The third-order valence-electron chi connectivity index (χ3n) is 3.56. The van der Waals surface area contributed by atoms with E-state index in [-0.39, 0.29) is 24.7 Å². The highest BCUT2D eigenvalue weighted by Gasteiger charge is 2.22. The molecule has 1 aromatic carbocycles. The lowest BCUT2D eigenvalue weighted by atomic mass is 10.0. The molecule has 0 aliphatic carbocycles. The van der Waals surface area contributed by atoms with Crippen molar-refractivity contribution in [3.8, 4) is 0 Å². The fourth-order valence-corrected chi connectivity index (χ4v) is 2.61. The van der Waals surface area contributed by atoms with Crippen LogP contribution in [0.4, 0.5) is 0 Å². The molecule has 0 aliphatic heterocycles. The number of nitrogens with zero attached hydrogens (tertiary/aromatic N) is 1. The molecule has 0 fully saturated rings. The summed E-state index contributed by atoms with van der Waals surface area (Å²) in [4.78, 5) is 29.0. The van der Waals surface area contributed by atoms with E-state index < -0.39 is 5.97 Å². The molecule has 2 aromatic rings. The van der Waals surface area contributed by atoms with E-state index in [1.54, 1.807) is 0 Å². The van der Waals surface area contributed by atoms with Gasteiger partial charge in [-0.1, -0.05) is 18.2 Å². The average molecular weight is 344 g/mol. The van der Waals surface area contributed by atoms with E-state index >= 15 is 0 Å². The smallest absolute Gasteiger partial charge is 0.340 e. The second kappa shape index (κ2) is 7.61. The SMILES string of the molecule is COCc1nc2ccccc2c(C)c1C(=O)OCC(=O)NC(C)(C)C. The van der Waals surface area contributed by atoms with Gasteiger partial charge in [-0.25, -0.2) is 9.78 Å². The lowest BCUT2D eigenvalue weighted by Gasteiger charge is -2.20. The molecule has 0 saturated carbocycles. The predicted molar refractivity (Wildman–Crippen MR) is 95.4 cm³/mol. The molecule has 6 heteroatoms. The maximum atomic E-state index is 12.6. The molecule has 0 saturated heterocycles. The highest BCUT2D eigenvalue weighted by Crippen LogP contribution is 2.24. The first-order valence-corrected chi connectivity index (χ1v) is 8.08. The molecule has 25 heavy (non-hydrogen) atoms. The number of para-hydroxylation sites is 1. The Kier molecular flexibility index (Phi) is 5.74. The molecule has 1 N–H and O–H groups in total. The van der Waals surface area contributed by atoms with Gasteiger partial charge in [-0.05, 0) is 39.3 Å². The number of aromatic nitrogens is 1. The molecule has 0 bridgehead atoms. The fourth-order valence-electron chi connectivity index (χ4n) is 2.61. The van der Waals surface area contributed by atoms with Crippen LogP contribution >= 0.6 is 0 Å². The van der Waals surface area contributed by atoms with Crippen molar-refractivity contribution < 1.29 is 19.1 Å². The van der Waals surface area contributed by atoms with E-state index in [0.717, 1.165) is 16.5 Å². The van der Waals surface area contributed by atoms with Gasteiger partial charge in [0, 0.05) is 18.0 Å². The average Bonchev–Trinajstić information content (AvgIpc) is 2.52. The normalized spacial score (nSPS) is 11.4. The van der Waals surface area contributed by atoms with E-state index in [9.17, 15) is 9.59 Å². The Bertz CT molecular complexity index is 794. The number of rotatable bonds is 5. The number of amides is 1. The maximum Gasteiger partial charge on any atom is 0.340 e. The minimum absolute atomic E-state index is 0.185. The van der Waals surface area contributed by atoms with Crippen LogP contribution in [0.5, 0.6) is 0 Å². The van der Waals surface area contributed by atoms with Gasteiger partial charge < -0.3 is 14.8 Å². The Balaban J connectivity index is 2.28. The number of carbonyl (C=O) groups is 2. The largest absolute Gasteiger partial charge is 0.452 e. The Hall–Kier alpha value is -2.47. The van der Waals surface area contributed by atoms with Gasteiger partial charge in [-0.15, -0.1) is 0 Å². The van der Waals surface area contributed by atoms with E-state index in [1.165, 1.54) is 7.11 Å². The van der Waals surface area contributed by atoms with Crippen molar-refractivity contribution in [2.75, 3.05) is 13.7 Å². The molecule has 0 radical (unpaired) electrons. The molecule has 6 nitrogen and oxygen atoms in total. The van der Waals surface area contributed by atoms with Gasteiger partial charge >= 0.3 is 5.97 Å². The summed E-state index contributed by atoms with van der Waals surface area (Å²) in [6.45, 7) is 7.27. The van der Waals surface area contributed by atoms with Gasteiger partial charge in [0.15, 0.2) is 6.61 Å². The maximum absolute atomic E-state index is 12.6. The number of fused-ring (bicyclic) bond motifs is 1. The van der Waals surface area contributed by atoms with Crippen LogP contribution in [0.1, 0.15) is 42.4 Å². The van der Waals surface area contributed by atoms with Crippen molar-refractivity contribution in [1.82, 2.24) is 10.3 Å². The third-order valence-corrected chi connectivity index (χ3v) is 3.56. The summed E-state index contributed by atoms with van der Waals surface area (Å²) in [6, 6.07) is 7.56. The molecule has 134 valence electrons. The number of benzene rings is 1. The van der Waals surface area contributed by atoms with Crippen LogP contribution in [0.2, 0.25) is 0 Å². The van der Waals surface area contributed by atoms with Gasteiger partial charge in [-0.3, -0.25) is 4.79 Å². The van der Waals surface area contributed by atoms with Crippen LogP contribution in [0.15, 0.2) is 24.3 Å². The lowest BCUT2D eigenvalue weighted by Crippen LogP contribution is -2.42. The molecule has 0 aliphatic rings. The molecule has 0 unspecified atom stereocenters. The van der Waals surface area contributed by atoms with Crippen molar-refractivity contribution in [2.45, 2.75) is 39.8 Å². The van der Waals surface area contributed by atoms with Crippen molar-refractivity contribution >= 4 is 22.8 Å². The molecular weight excluding hydrogens is 320 g/mol. The number of esters is 1. The molecule has 0 spiro atoms. The summed E-state index contributed by atoms with van der Waals surface area (Å²) in [6.07, 6.45) is 0. The minimum Gasteiger partial charge on any atom is -0.452 e. The Labute approximate surface area is 147 Å². The van der Waals surface area contributed by atoms with Crippen LogP contribution in [-0.4, -0.2) is 36.1 Å². The van der Waals surface area contributed by atoms with Crippen LogP contribution in [0.3, 0.4) is 0 Å². The Morgan fingerprint density at radius 1 is 1.20 bits per heavy atom. The number of aryl methyl sites for hydroxylation is 1. The van der Waals surface area contributed by atoms with E-state index in [4.69, 9.17) is 9.47 Å². The summed E-state index contributed by atoms with van der Waals surface area (Å²) in [5.74, 6) is -0.924. The summed E-state index contributed by atoms with van der Waals surface area (Å²) in [7, 11) is 1.54. The van der Waals surface area contributed by atoms with Gasteiger partial charge in [0.05, 0.1) is 23.4 Å². The molecule has 0 atom stereocenters. The van der Waals surface area contributed by atoms with E-state index in [2.05, 4.69) is 10.3 Å². The van der Waals surface area contributed by atoms with Crippen LogP contribution in [0.25, 0.3) is 10.9 Å². The van der Waals surface area contributed by atoms with Gasteiger partial charge in [-0.2, -0.15) is 0 Å².